The molecule has 1 aromatic heterocycles. The quantitative estimate of drug-likeness (QED) is 0.684. The highest BCUT2D eigenvalue weighted by Crippen LogP contribution is 2.32. The Hall–Kier alpha value is -2.59. The Morgan fingerprint density at radius 2 is 2.00 bits per heavy atom. The van der Waals surface area contributed by atoms with Crippen LogP contribution in [0.4, 0.5) is 0 Å². The van der Waals surface area contributed by atoms with Gasteiger partial charge in [0, 0.05) is 30.4 Å². The first kappa shape index (κ1) is 18.4. The van der Waals surface area contributed by atoms with Crippen molar-refractivity contribution in [2.24, 2.45) is 0 Å². The average Bonchev–Trinajstić information content (AvgIpc) is 3.39. The van der Waals surface area contributed by atoms with Crippen LogP contribution >= 0.6 is 0 Å². The van der Waals surface area contributed by atoms with Crippen LogP contribution in [-0.4, -0.2) is 34.6 Å². The summed E-state index contributed by atoms with van der Waals surface area (Å²) in [6.45, 7) is 8.51. The Balaban J connectivity index is 1.22. The molecule has 0 aliphatic carbocycles. The van der Waals surface area contributed by atoms with Gasteiger partial charge in [-0.1, -0.05) is 18.2 Å². The van der Waals surface area contributed by atoms with Crippen LogP contribution in [0.5, 0.6) is 5.75 Å². The fourth-order valence-electron chi connectivity index (χ4n) is 4.78. The second kappa shape index (κ2) is 7.68. The number of likely N-dealkylation sites (tertiary alicyclic amines) is 1. The maximum absolute atomic E-state index is 5.61. The van der Waals surface area contributed by atoms with Gasteiger partial charge in [0.1, 0.15) is 11.6 Å². The number of hydrogen-bond acceptors (Lipinski definition) is 3. The van der Waals surface area contributed by atoms with Gasteiger partial charge in [0.2, 0.25) is 0 Å². The molecule has 2 aliphatic rings. The molecule has 3 heterocycles. The number of nitrogens with zero attached hydrogens (tertiary/aromatic N) is 2. The SMILES string of the molecule is Cc1cccc(C2CCN(Cc3cnc(-c4ccc5c(c4)CCO5)[nH]3)CC2)c1C. The van der Waals surface area contributed by atoms with Gasteiger partial charge in [-0.2, -0.15) is 0 Å². The van der Waals surface area contributed by atoms with Crippen LogP contribution in [0, 0.1) is 13.8 Å². The van der Waals surface area contributed by atoms with E-state index in [4.69, 9.17) is 4.74 Å². The lowest BCUT2D eigenvalue weighted by Crippen LogP contribution is -2.32. The molecule has 29 heavy (non-hydrogen) atoms. The first-order chi connectivity index (χ1) is 14.2. The number of fused-ring (bicyclic) bond motifs is 1. The van der Waals surface area contributed by atoms with Crippen LogP contribution in [0.3, 0.4) is 0 Å². The molecule has 5 rings (SSSR count). The van der Waals surface area contributed by atoms with E-state index in [0.29, 0.717) is 5.92 Å². The van der Waals surface area contributed by atoms with Crippen LogP contribution in [-0.2, 0) is 13.0 Å². The molecule has 0 spiro atoms. The molecule has 0 amide bonds. The first-order valence-corrected chi connectivity index (χ1v) is 10.8. The van der Waals surface area contributed by atoms with Crippen molar-refractivity contribution in [2.45, 2.75) is 45.6 Å². The zero-order valence-electron chi connectivity index (χ0n) is 17.4. The Kier molecular flexibility index (Phi) is 4.88. The summed E-state index contributed by atoms with van der Waals surface area (Å²) in [4.78, 5) is 10.7. The standard InChI is InChI=1S/C25H29N3O/c1-17-4-3-5-23(18(17)2)19-8-11-28(12-9-19)16-22-15-26-25(27-22)21-6-7-24-20(14-21)10-13-29-24/h3-7,14-15,19H,8-13,16H2,1-2H3,(H,26,27). The Morgan fingerprint density at radius 3 is 2.86 bits per heavy atom. The average molecular weight is 388 g/mol. The van der Waals surface area contributed by atoms with Crippen LogP contribution in [0.25, 0.3) is 11.4 Å². The second-order valence-corrected chi connectivity index (χ2v) is 8.52. The number of benzene rings is 2. The molecule has 3 aromatic rings. The van der Waals surface area contributed by atoms with Gasteiger partial charge in [0.15, 0.2) is 0 Å². The number of piperidine rings is 1. The van der Waals surface area contributed by atoms with Gasteiger partial charge in [0.05, 0.1) is 6.61 Å². The van der Waals surface area contributed by atoms with E-state index in [1.54, 1.807) is 5.56 Å². The largest absolute Gasteiger partial charge is 0.493 e. The topological polar surface area (TPSA) is 41.2 Å². The lowest BCUT2D eigenvalue weighted by atomic mass is 9.85. The van der Waals surface area contributed by atoms with Crippen molar-refractivity contribution in [3.8, 4) is 17.1 Å². The van der Waals surface area contributed by atoms with Crippen molar-refractivity contribution in [1.82, 2.24) is 14.9 Å². The summed E-state index contributed by atoms with van der Waals surface area (Å²) in [5, 5.41) is 0. The summed E-state index contributed by atoms with van der Waals surface area (Å²) in [6.07, 6.45) is 5.45. The van der Waals surface area contributed by atoms with Crippen molar-refractivity contribution in [3.05, 3.63) is 70.5 Å². The van der Waals surface area contributed by atoms with Crippen molar-refractivity contribution in [3.63, 3.8) is 0 Å². The summed E-state index contributed by atoms with van der Waals surface area (Å²) >= 11 is 0. The Labute approximate surface area is 172 Å². The third-order valence-electron chi connectivity index (χ3n) is 6.66. The molecule has 1 saturated heterocycles. The third-order valence-corrected chi connectivity index (χ3v) is 6.66. The first-order valence-electron chi connectivity index (χ1n) is 10.8. The van der Waals surface area contributed by atoms with Crippen molar-refractivity contribution >= 4 is 0 Å². The number of aromatic amines is 1. The van der Waals surface area contributed by atoms with Crippen molar-refractivity contribution in [1.29, 1.82) is 0 Å². The molecule has 0 bridgehead atoms. The van der Waals surface area contributed by atoms with Crippen LogP contribution in [0.1, 0.15) is 46.7 Å². The molecular weight excluding hydrogens is 358 g/mol. The van der Waals surface area contributed by atoms with E-state index in [-0.39, 0.29) is 0 Å². The number of aryl methyl sites for hydroxylation is 1. The summed E-state index contributed by atoms with van der Waals surface area (Å²) in [6, 6.07) is 13.1. The highest BCUT2D eigenvalue weighted by Gasteiger charge is 2.22. The summed E-state index contributed by atoms with van der Waals surface area (Å²) in [5.74, 6) is 2.67. The minimum atomic E-state index is 0.692. The highest BCUT2D eigenvalue weighted by molar-refractivity contribution is 5.59. The van der Waals surface area contributed by atoms with Crippen LogP contribution in [0.15, 0.2) is 42.6 Å². The lowest BCUT2D eigenvalue weighted by Gasteiger charge is -2.32. The van der Waals surface area contributed by atoms with Crippen LogP contribution in [0.2, 0.25) is 0 Å². The molecule has 1 fully saturated rings. The number of hydrogen-bond donors (Lipinski definition) is 1. The number of H-pyrrole nitrogens is 1. The Bertz CT molecular complexity index is 1010. The van der Waals surface area contributed by atoms with Gasteiger partial charge < -0.3 is 9.72 Å². The molecule has 0 saturated carbocycles. The molecule has 0 unspecified atom stereocenters. The molecular formula is C25H29N3O. The number of ether oxygens (including phenoxy) is 1. The Morgan fingerprint density at radius 1 is 1.14 bits per heavy atom. The maximum Gasteiger partial charge on any atom is 0.137 e. The van der Waals surface area contributed by atoms with Gasteiger partial charge >= 0.3 is 0 Å². The molecule has 0 radical (unpaired) electrons. The van der Waals surface area contributed by atoms with Crippen molar-refractivity contribution < 1.29 is 4.74 Å². The van der Waals surface area contributed by atoms with E-state index >= 15 is 0 Å². The van der Waals surface area contributed by atoms with Crippen molar-refractivity contribution in [2.75, 3.05) is 19.7 Å². The zero-order valence-corrected chi connectivity index (χ0v) is 17.4. The van der Waals surface area contributed by atoms with E-state index in [2.05, 4.69) is 65.1 Å². The molecule has 4 nitrogen and oxygen atoms in total. The molecule has 4 heteroatoms. The fourth-order valence-corrected chi connectivity index (χ4v) is 4.78. The molecule has 0 atom stereocenters. The summed E-state index contributed by atoms with van der Waals surface area (Å²) in [5.41, 5.74) is 8.07. The van der Waals surface area contributed by atoms with E-state index in [1.165, 1.54) is 35.2 Å². The van der Waals surface area contributed by atoms with E-state index in [1.807, 2.05) is 6.20 Å². The number of nitrogens with one attached hydrogen (secondary N) is 1. The molecule has 2 aliphatic heterocycles. The second-order valence-electron chi connectivity index (χ2n) is 8.52. The number of rotatable bonds is 4. The fraction of sp³-hybridized carbons (Fsp3) is 0.400. The minimum absolute atomic E-state index is 0.692. The van der Waals surface area contributed by atoms with E-state index in [0.717, 1.165) is 49.8 Å². The monoisotopic (exact) mass is 387 g/mol. The van der Waals surface area contributed by atoms with Gasteiger partial charge in [-0.25, -0.2) is 4.98 Å². The molecule has 1 N–H and O–H groups in total. The van der Waals surface area contributed by atoms with E-state index in [9.17, 15) is 0 Å². The highest BCUT2D eigenvalue weighted by atomic mass is 16.5. The molecule has 2 aromatic carbocycles. The van der Waals surface area contributed by atoms with Gasteiger partial charge in [-0.3, -0.25) is 4.90 Å². The smallest absolute Gasteiger partial charge is 0.137 e. The summed E-state index contributed by atoms with van der Waals surface area (Å²) in [7, 11) is 0. The number of imidazole rings is 1. The van der Waals surface area contributed by atoms with Gasteiger partial charge in [-0.05, 0) is 86.1 Å². The third kappa shape index (κ3) is 3.69. The lowest BCUT2D eigenvalue weighted by molar-refractivity contribution is 0.202. The molecule has 150 valence electrons. The zero-order chi connectivity index (χ0) is 19.8. The maximum atomic E-state index is 5.61. The van der Waals surface area contributed by atoms with Gasteiger partial charge in [0.25, 0.3) is 0 Å². The summed E-state index contributed by atoms with van der Waals surface area (Å²) < 4.78 is 5.61. The number of aromatic nitrogens is 2. The predicted molar refractivity (Wildman–Crippen MR) is 116 cm³/mol. The van der Waals surface area contributed by atoms with E-state index < -0.39 is 0 Å². The van der Waals surface area contributed by atoms with Crippen LogP contribution < -0.4 is 4.74 Å². The normalized spacial score (nSPS) is 17.3. The minimum Gasteiger partial charge on any atom is -0.493 e. The van der Waals surface area contributed by atoms with Gasteiger partial charge in [-0.15, -0.1) is 0 Å². The predicted octanol–water partition coefficient (Wildman–Crippen LogP) is 5.01.